The monoisotopic (exact) mass is 352 g/mol. The molecule has 0 saturated heterocycles. The number of carbonyl (C=O) groups is 1. The average Bonchev–Trinajstić information content (AvgIpc) is 3.09. The molecule has 0 aromatic heterocycles. The first-order valence-electron chi connectivity index (χ1n) is 8.83. The highest BCUT2D eigenvalue weighted by molar-refractivity contribution is 6.05. The Morgan fingerprint density at radius 2 is 1.92 bits per heavy atom. The first kappa shape index (κ1) is 18.0. The predicted molar refractivity (Wildman–Crippen MR) is 101 cm³/mol. The number of carbonyl (C=O) groups excluding carboxylic acids is 1. The summed E-state index contributed by atoms with van der Waals surface area (Å²) in [6.45, 7) is 2.36. The van der Waals surface area contributed by atoms with Crippen molar-refractivity contribution in [2.24, 2.45) is 5.16 Å². The van der Waals surface area contributed by atoms with Crippen molar-refractivity contribution in [3.8, 4) is 5.75 Å². The number of para-hydroxylation sites is 1. The molecule has 26 heavy (non-hydrogen) atoms. The van der Waals surface area contributed by atoms with Crippen LogP contribution in [0.1, 0.15) is 30.9 Å². The maximum absolute atomic E-state index is 12.5. The van der Waals surface area contributed by atoms with Gasteiger partial charge in [0, 0.05) is 13.0 Å². The number of nitrogens with one attached hydrogen (secondary N) is 1. The lowest BCUT2D eigenvalue weighted by atomic mass is 9.95. The van der Waals surface area contributed by atoms with Crippen LogP contribution in [-0.4, -0.2) is 30.9 Å². The number of oxime groups is 1. The van der Waals surface area contributed by atoms with E-state index < -0.39 is 5.60 Å². The summed E-state index contributed by atoms with van der Waals surface area (Å²) in [5.74, 6) is 0.748. The zero-order valence-corrected chi connectivity index (χ0v) is 15.2. The van der Waals surface area contributed by atoms with Crippen LogP contribution >= 0.6 is 0 Å². The fourth-order valence-electron chi connectivity index (χ4n) is 3.02. The van der Waals surface area contributed by atoms with Crippen molar-refractivity contribution >= 4 is 11.6 Å². The van der Waals surface area contributed by atoms with Gasteiger partial charge < -0.3 is 14.9 Å². The average molecular weight is 352 g/mol. The molecule has 5 nitrogen and oxygen atoms in total. The number of aryl methyl sites for hydroxylation is 1. The second kappa shape index (κ2) is 8.04. The summed E-state index contributed by atoms with van der Waals surface area (Å²) < 4.78 is 5.35. The molecule has 2 aromatic carbocycles. The van der Waals surface area contributed by atoms with Crippen LogP contribution in [0.15, 0.2) is 59.8 Å². The summed E-state index contributed by atoms with van der Waals surface area (Å²) in [7, 11) is 1.67. The van der Waals surface area contributed by atoms with Crippen LogP contribution in [-0.2, 0) is 16.1 Å². The topological polar surface area (TPSA) is 59.9 Å². The molecule has 0 fully saturated rings. The summed E-state index contributed by atoms with van der Waals surface area (Å²) in [5.41, 5.74) is 1.98. The van der Waals surface area contributed by atoms with Gasteiger partial charge in [0.1, 0.15) is 5.75 Å². The number of benzene rings is 2. The van der Waals surface area contributed by atoms with Gasteiger partial charge in [-0.25, -0.2) is 0 Å². The lowest BCUT2D eigenvalue weighted by Crippen LogP contribution is -2.45. The molecule has 1 heterocycles. The van der Waals surface area contributed by atoms with Gasteiger partial charge in [-0.15, -0.1) is 0 Å². The molecular formula is C21H24N2O3. The van der Waals surface area contributed by atoms with Gasteiger partial charge in [-0.05, 0) is 37.0 Å². The Balaban J connectivity index is 1.48. The fourth-order valence-corrected chi connectivity index (χ4v) is 3.02. The molecule has 0 saturated carbocycles. The molecule has 0 spiro atoms. The number of amides is 1. The minimum absolute atomic E-state index is 0.132. The van der Waals surface area contributed by atoms with Crippen molar-refractivity contribution in [2.75, 3.05) is 13.7 Å². The molecule has 1 aliphatic rings. The molecule has 136 valence electrons. The molecule has 1 atom stereocenters. The largest absolute Gasteiger partial charge is 0.496 e. The third kappa shape index (κ3) is 4.04. The van der Waals surface area contributed by atoms with E-state index in [1.807, 2.05) is 54.6 Å². The predicted octanol–water partition coefficient (Wildman–Crippen LogP) is 3.33. The number of methoxy groups -OCH3 is 1. The standard InChI is InChI=1S/C21H24N2O3/c1-21(15-18(23-26-21)16-9-4-3-5-10-16)20(24)22-14-8-12-17-11-6-7-13-19(17)25-2/h3-7,9-11,13H,8,12,14-15H2,1-2H3,(H,22,24). The van der Waals surface area contributed by atoms with Crippen molar-refractivity contribution in [1.82, 2.24) is 5.32 Å². The Morgan fingerprint density at radius 1 is 1.19 bits per heavy atom. The van der Waals surface area contributed by atoms with Crippen molar-refractivity contribution in [3.05, 3.63) is 65.7 Å². The van der Waals surface area contributed by atoms with E-state index in [0.717, 1.165) is 35.4 Å². The summed E-state index contributed by atoms with van der Waals surface area (Å²) in [6, 6.07) is 17.7. The van der Waals surface area contributed by atoms with Crippen molar-refractivity contribution in [2.45, 2.75) is 31.8 Å². The minimum Gasteiger partial charge on any atom is -0.496 e. The Hall–Kier alpha value is -2.82. The Labute approximate surface area is 154 Å². The van der Waals surface area contributed by atoms with Crippen LogP contribution in [0.5, 0.6) is 5.75 Å². The molecule has 0 aliphatic carbocycles. The lowest BCUT2D eigenvalue weighted by molar-refractivity contribution is -0.141. The first-order valence-corrected chi connectivity index (χ1v) is 8.83. The van der Waals surface area contributed by atoms with Crippen LogP contribution in [0.25, 0.3) is 0 Å². The zero-order valence-electron chi connectivity index (χ0n) is 15.2. The third-order valence-corrected chi connectivity index (χ3v) is 4.55. The third-order valence-electron chi connectivity index (χ3n) is 4.55. The Morgan fingerprint density at radius 3 is 2.69 bits per heavy atom. The van der Waals surface area contributed by atoms with Gasteiger partial charge in [0.15, 0.2) is 0 Å². The van der Waals surface area contributed by atoms with Crippen molar-refractivity contribution in [1.29, 1.82) is 0 Å². The highest BCUT2D eigenvalue weighted by atomic mass is 16.7. The molecule has 1 N–H and O–H groups in total. The van der Waals surface area contributed by atoms with Crippen LogP contribution in [0, 0.1) is 0 Å². The summed E-state index contributed by atoms with van der Waals surface area (Å²) in [5, 5.41) is 7.08. The summed E-state index contributed by atoms with van der Waals surface area (Å²) >= 11 is 0. The van der Waals surface area contributed by atoms with Gasteiger partial charge in [-0.2, -0.15) is 0 Å². The fraction of sp³-hybridized carbons (Fsp3) is 0.333. The van der Waals surface area contributed by atoms with E-state index >= 15 is 0 Å². The number of ether oxygens (including phenoxy) is 1. The molecule has 0 radical (unpaired) electrons. The van der Waals surface area contributed by atoms with Gasteiger partial charge in [0.25, 0.3) is 5.91 Å². The molecule has 3 rings (SSSR count). The molecule has 1 amide bonds. The van der Waals surface area contributed by atoms with E-state index in [2.05, 4.69) is 10.5 Å². The Bertz CT molecular complexity index is 789. The van der Waals surface area contributed by atoms with Gasteiger partial charge in [-0.1, -0.05) is 53.7 Å². The van der Waals surface area contributed by atoms with Crippen LogP contribution in [0.3, 0.4) is 0 Å². The SMILES string of the molecule is COc1ccccc1CCCNC(=O)C1(C)CC(c2ccccc2)=NO1. The quantitative estimate of drug-likeness (QED) is 0.778. The lowest BCUT2D eigenvalue weighted by Gasteiger charge is -2.20. The molecule has 0 bridgehead atoms. The normalized spacial score (nSPS) is 18.8. The van der Waals surface area contributed by atoms with Gasteiger partial charge in [0.05, 0.1) is 12.8 Å². The number of rotatable bonds is 7. The first-order chi connectivity index (χ1) is 12.6. The molecule has 2 aromatic rings. The van der Waals surface area contributed by atoms with E-state index in [-0.39, 0.29) is 5.91 Å². The zero-order chi connectivity index (χ0) is 18.4. The van der Waals surface area contributed by atoms with Gasteiger partial charge in [0.2, 0.25) is 5.60 Å². The maximum atomic E-state index is 12.5. The molecule has 1 unspecified atom stereocenters. The second-order valence-electron chi connectivity index (χ2n) is 6.57. The van der Waals surface area contributed by atoms with E-state index in [0.29, 0.717) is 13.0 Å². The maximum Gasteiger partial charge on any atom is 0.267 e. The summed E-state index contributed by atoms with van der Waals surface area (Å²) in [6.07, 6.45) is 2.14. The number of hydrogen-bond donors (Lipinski definition) is 1. The number of hydrogen-bond acceptors (Lipinski definition) is 4. The second-order valence-corrected chi connectivity index (χ2v) is 6.57. The van der Waals surface area contributed by atoms with E-state index in [1.54, 1.807) is 14.0 Å². The van der Waals surface area contributed by atoms with Crippen molar-refractivity contribution < 1.29 is 14.4 Å². The molecule has 1 aliphatic heterocycles. The van der Waals surface area contributed by atoms with Crippen LogP contribution < -0.4 is 10.1 Å². The Kier molecular flexibility index (Phi) is 5.56. The van der Waals surface area contributed by atoms with E-state index in [1.165, 1.54) is 0 Å². The smallest absolute Gasteiger partial charge is 0.267 e. The van der Waals surface area contributed by atoms with Gasteiger partial charge in [-0.3, -0.25) is 4.79 Å². The number of nitrogens with zero attached hydrogens (tertiary/aromatic N) is 1. The van der Waals surface area contributed by atoms with E-state index in [4.69, 9.17) is 9.57 Å². The van der Waals surface area contributed by atoms with Gasteiger partial charge >= 0.3 is 0 Å². The molecular weight excluding hydrogens is 328 g/mol. The minimum atomic E-state index is -0.949. The highest BCUT2D eigenvalue weighted by Crippen LogP contribution is 2.26. The van der Waals surface area contributed by atoms with Crippen LogP contribution in [0.2, 0.25) is 0 Å². The summed E-state index contributed by atoms with van der Waals surface area (Å²) in [4.78, 5) is 18.0. The van der Waals surface area contributed by atoms with Crippen LogP contribution in [0.4, 0.5) is 0 Å². The van der Waals surface area contributed by atoms with E-state index in [9.17, 15) is 4.79 Å². The van der Waals surface area contributed by atoms with Crippen molar-refractivity contribution in [3.63, 3.8) is 0 Å². The molecule has 5 heteroatoms. The highest BCUT2D eigenvalue weighted by Gasteiger charge is 2.41.